The molecule has 0 atom stereocenters. The van der Waals surface area contributed by atoms with Gasteiger partial charge in [0.25, 0.3) is 0 Å². The number of allylic oxidation sites excluding steroid dienone is 2. The van der Waals surface area contributed by atoms with Crippen LogP contribution in [0.15, 0.2) is 59.7 Å². The molecule has 0 unspecified atom stereocenters. The lowest BCUT2D eigenvalue weighted by Crippen LogP contribution is -2.08. The van der Waals surface area contributed by atoms with Gasteiger partial charge in [-0.15, -0.1) is 0 Å². The fourth-order valence-corrected chi connectivity index (χ4v) is 1.57. The van der Waals surface area contributed by atoms with Crippen LogP contribution in [-0.2, 0) is 11.2 Å². The summed E-state index contributed by atoms with van der Waals surface area (Å²) in [6.45, 7) is 8.04. The second-order valence-electron chi connectivity index (χ2n) is 4.31. The molecule has 2 nitrogen and oxygen atoms in total. The van der Waals surface area contributed by atoms with Crippen molar-refractivity contribution in [2.75, 3.05) is 6.54 Å². The SMILES string of the molecule is C=C=C(CCc1ccccc1)OC(CN)=C(C)C. The Morgan fingerprint density at radius 1 is 1.28 bits per heavy atom. The molecule has 0 radical (unpaired) electrons. The molecule has 0 aromatic heterocycles. The van der Waals surface area contributed by atoms with Gasteiger partial charge >= 0.3 is 0 Å². The van der Waals surface area contributed by atoms with Crippen molar-refractivity contribution in [3.63, 3.8) is 0 Å². The van der Waals surface area contributed by atoms with E-state index in [0.29, 0.717) is 6.54 Å². The van der Waals surface area contributed by atoms with Crippen molar-refractivity contribution in [2.45, 2.75) is 26.7 Å². The summed E-state index contributed by atoms with van der Waals surface area (Å²) in [5, 5.41) is 0. The van der Waals surface area contributed by atoms with Crippen molar-refractivity contribution in [1.29, 1.82) is 0 Å². The number of rotatable bonds is 6. The molecule has 0 fully saturated rings. The molecule has 0 saturated heterocycles. The van der Waals surface area contributed by atoms with Crippen LogP contribution in [0, 0.1) is 0 Å². The summed E-state index contributed by atoms with van der Waals surface area (Å²) in [5.74, 6) is 1.55. The van der Waals surface area contributed by atoms with E-state index in [-0.39, 0.29) is 0 Å². The Morgan fingerprint density at radius 3 is 2.44 bits per heavy atom. The zero-order chi connectivity index (χ0) is 13.4. The van der Waals surface area contributed by atoms with Crippen LogP contribution in [0.3, 0.4) is 0 Å². The average molecular weight is 243 g/mol. The third-order valence-corrected chi connectivity index (χ3v) is 2.67. The van der Waals surface area contributed by atoms with Crippen molar-refractivity contribution in [2.24, 2.45) is 5.73 Å². The average Bonchev–Trinajstić information content (AvgIpc) is 2.40. The molecule has 96 valence electrons. The molecule has 2 N–H and O–H groups in total. The smallest absolute Gasteiger partial charge is 0.145 e. The highest BCUT2D eigenvalue weighted by molar-refractivity contribution is 5.16. The molecule has 0 aliphatic carbocycles. The maximum Gasteiger partial charge on any atom is 0.145 e. The first-order valence-electron chi connectivity index (χ1n) is 6.14. The summed E-state index contributed by atoms with van der Waals surface area (Å²) < 4.78 is 5.73. The highest BCUT2D eigenvalue weighted by Crippen LogP contribution is 2.14. The molecule has 2 heteroatoms. The quantitative estimate of drug-likeness (QED) is 0.612. The molecule has 0 heterocycles. The number of aryl methyl sites for hydroxylation is 1. The van der Waals surface area contributed by atoms with E-state index in [9.17, 15) is 0 Å². The second kappa shape index (κ2) is 7.54. The van der Waals surface area contributed by atoms with Gasteiger partial charge in [0.05, 0.1) is 6.54 Å². The summed E-state index contributed by atoms with van der Waals surface area (Å²) in [5.41, 5.74) is 10.9. The molecule has 1 aromatic carbocycles. The lowest BCUT2D eigenvalue weighted by Gasteiger charge is -2.12. The number of nitrogens with two attached hydrogens (primary N) is 1. The highest BCUT2D eigenvalue weighted by atomic mass is 16.5. The Balaban J connectivity index is 2.60. The van der Waals surface area contributed by atoms with Crippen LogP contribution in [-0.4, -0.2) is 6.54 Å². The Kier molecular flexibility index (Phi) is 5.99. The van der Waals surface area contributed by atoms with E-state index in [2.05, 4.69) is 24.4 Å². The molecule has 0 aliphatic rings. The van der Waals surface area contributed by atoms with Crippen LogP contribution in [0.4, 0.5) is 0 Å². The lowest BCUT2D eigenvalue weighted by molar-refractivity contribution is 0.283. The first-order chi connectivity index (χ1) is 8.67. The molecule has 0 amide bonds. The normalized spacial score (nSPS) is 9.50. The van der Waals surface area contributed by atoms with Crippen molar-refractivity contribution in [1.82, 2.24) is 0 Å². The van der Waals surface area contributed by atoms with Crippen LogP contribution in [0.2, 0.25) is 0 Å². The summed E-state index contributed by atoms with van der Waals surface area (Å²) in [7, 11) is 0. The first kappa shape index (κ1) is 14.3. The third kappa shape index (κ3) is 4.62. The van der Waals surface area contributed by atoms with Gasteiger partial charge in [-0.3, -0.25) is 0 Å². The Morgan fingerprint density at radius 2 is 1.94 bits per heavy atom. The topological polar surface area (TPSA) is 35.2 Å². The number of benzene rings is 1. The summed E-state index contributed by atoms with van der Waals surface area (Å²) in [4.78, 5) is 0. The highest BCUT2D eigenvalue weighted by Gasteiger charge is 2.04. The molecule has 0 bridgehead atoms. The first-order valence-corrected chi connectivity index (χ1v) is 6.14. The molecular weight excluding hydrogens is 222 g/mol. The predicted octanol–water partition coefficient (Wildman–Crippen LogP) is 3.56. The van der Waals surface area contributed by atoms with E-state index < -0.39 is 0 Å². The standard InChI is InChI=1S/C16H21NO/c1-4-15(18-16(12-17)13(2)3)11-10-14-8-6-5-7-9-14/h5-9H,1,10-12,17H2,2-3H3. The van der Waals surface area contributed by atoms with Crippen LogP contribution in [0.1, 0.15) is 25.8 Å². The van der Waals surface area contributed by atoms with Crippen molar-refractivity contribution in [3.8, 4) is 0 Å². The van der Waals surface area contributed by atoms with Gasteiger partial charge in [-0.1, -0.05) is 42.6 Å². The fourth-order valence-electron chi connectivity index (χ4n) is 1.57. The number of hydrogen-bond donors (Lipinski definition) is 1. The zero-order valence-corrected chi connectivity index (χ0v) is 11.2. The van der Waals surface area contributed by atoms with Gasteiger partial charge in [0.1, 0.15) is 11.5 Å². The molecule has 0 saturated carbocycles. The molecule has 0 aliphatic heterocycles. The van der Waals surface area contributed by atoms with Gasteiger partial charge in [0.2, 0.25) is 0 Å². The number of ether oxygens (including phenoxy) is 1. The van der Waals surface area contributed by atoms with Gasteiger partial charge < -0.3 is 10.5 Å². The second-order valence-corrected chi connectivity index (χ2v) is 4.31. The van der Waals surface area contributed by atoms with Crippen LogP contribution in [0.25, 0.3) is 0 Å². The summed E-state index contributed by atoms with van der Waals surface area (Å²) in [6.07, 6.45) is 1.70. The van der Waals surface area contributed by atoms with E-state index in [4.69, 9.17) is 10.5 Å². The third-order valence-electron chi connectivity index (χ3n) is 2.67. The molecule has 1 aromatic rings. The summed E-state index contributed by atoms with van der Waals surface area (Å²) >= 11 is 0. The minimum absolute atomic E-state index is 0.402. The van der Waals surface area contributed by atoms with Crippen LogP contribution in [0.5, 0.6) is 0 Å². The molecule has 1 rings (SSSR count). The predicted molar refractivity (Wildman–Crippen MR) is 75.9 cm³/mol. The lowest BCUT2D eigenvalue weighted by atomic mass is 10.1. The van der Waals surface area contributed by atoms with Gasteiger partial charge in [0, 0.05) is 6.42 Å². The van der Waals surface area contributed by atoms with Gasteiger partial charge in [-0.25, -0.2) is 0 Å². The Bertz CT molecular complexity index is 449. The molecule has 0 spiro atoms. The molecular formula is C16H21NO. The van der Waals surface area contributed by atoms with E-state index in [1.165, 1.54) is 5.56 Å². The zero-order valence-electron chi connectivity index (χ0n) is 11.2. The Labute approximate surface area is 109 Å². The minimum atomic E-state index is 0.402. The van der Waals surface area contributed by atoms with Crippen molar-refractivity contribution >= 4 is 0 Å². The maximum atomic E-state index is 5.73. The van der Waals surface area contributed by atoms with E-state index >= 15 is 0 Å². The van der Waals surface area contributed by atoms with Crippen LogP contribution < -0.4 is 5.73 Å². The summed E-state index contributed by atoms with van der Waals surface area (Å²) in [6, 6.07) is 10.3. The number of hydrogen-bond acceptors (Lipinski definition) is 2. The van der Waals surface area contributed by atoms with E-state index in [1.54, 1.807) is 0 Å². The van der Waals surface area contributed by atoms with Crippen LogP contribution >= 0.6 is 0 Å². The van der Waals surface area contributed by atoms with E-state index in [1.807, 2.05) is 32.0 Å². The monoisotopic (exact) mass is 243 g/mol. The van der Waals surface area contributed by atoms with Gasteiger partial charge in [-0.05, 0) is 31.4 Å². The van der Waals surface area contributed by atoms with Crippen molar-refractivity contribution < 1.29 is 4.74 Å². The molecule has 18 heavy (non-hydrogen) atoms. The van der Waals surface area contributed by atoms with Gasteiger partial charge in [-0.2, -0.15) is 0 Å². The van der Waals surface area contributed by atoms with Crippen molar-refractivity contribution in [3.05, 3.63) is 65.3 Å². The van der Waals surface area contributed by atoms with E-state index in [0.717, 1.165) is 29.9 Å². The Hall–Kier alpha value is -1.76. The maximum absolute atomic E-state index is 5.73. The van der Waals surface area contributed by atoms with Gasteiger partial charge in [0.15, 0.2) is 0 Å². The fraction of sp³-hybridized carbons (Fsp3) is 0.312. The largest absolute Gasteiger partial charge is 0.457 e. The minimum Gasteiger partial charge on any atom is -0.457 e.